The van der Waals surface area contributed by atoms with Crippen molar-refractivity contribution in [2.75, 3.05) is 36.4 Å². The van der Waals surface area contributed by atoms with Gasteiger partial charge in [0.2, 0.25) is 0 Å². The van der Waals surface area contributed by atoms with Gasteiger partial charge < -0.3 is 21.0 Å². The molecule has 0 aromatic heterocycles. The Hall–Kier alpha value is -3.05. The van der Waals surface area contributed by atoms with E-state index in [1.165, 1.54) is 27.8 Å². The number of benzene rings is 4. The molecule has 0 aliphatic carbocycles. The number of para-hydroxylation sites is 2. The van der Waals surface area contributed by atoms with Gasteiger partial charge in [0, 0.05) is 48.6 Å². The lowest BCUT2D eigenvalue weighted by atomic mass is 10.1. The molecule has 0 amide bonds. The van der Waals surface area contributed by atoms with E-state index < -0.39 is 0 Å². The fourth-order valence-corrected chi connectivity index (χ4v) is 3.60. The highest BCUT2D eigenvalue weighted by Gasteiger charge is 2.08. The van der Waals surface area contributed by atoms with Crippen molar-refractivity contribution in [2.45, 2.75) is 0 Å². The van der Waals surface area contributed by atoms with Crippen LogP contribution in [-0.2, 0) is 0 Å². The maximum Gasteiger partial charge on any atom is 0.0420 e. The average Bonchev–Trinajstić information content (AvgIpc) is 2.80. The summed E-state index contributed by atoms with van der Waals surface area (Å²) >= 11 is 0. The maximum absolute atomic E-state index is 3.57. The minimum atomic E-state index is 0. The normalized spacial score (nSPS) is 10.1. The summed E-state index contributed by atoms with van der Waals surface area (Å²) in [6.07, 6.45) is 0. The number of hydrogen-bond donors (Lipinski definition) is 2. The quantitative estimate of drug-likeness (QED) is 0.352. The van der Waals surface area contributed by atoms with Gasteiger partial charge in [-0.05, 0) is 35.7 Å². The SMILES string of the molecule is Cl.O.c1ccc(N(CCNCCNc2cccc3ccccc23)c2ccccc2)cc1. The van der Waals surface area contributed by atoms with Gasteiger partial charge in [0.1, 0.15) is 0 Å². The third kappa shape index (κ3) is 6.46. The Labute approximate surface area is 190 Å². The van der Waals surface area contributed by atoms with Crippen LogP contribution in [0, 0.1) is 0 Å². The summed E-state index contributed by atoms with van der Waals surface area (Å²) in [5.74, 6) is 0. The second-order valence-corrected chi connectivity index (χ2v) is 7.03. The molecule has 0 heterocycles. The number of rotatable bonds is 9. The molecule has 0 aliphatic rings. The molecule has 4 N–H and O–H groups in total. The number of nitrogens with zero attached hydrogens (tertiary/aromatic N) is 1. The smallest absolute Gasteiger partial charge is 0.0420 e. The first-order valence-electron chi connectivity index (χ1n) is 10.2. The van der Waals surface area contributed by atoms with E-state index in [2.05, 4.69) is 119 Å². The van der Waals surface area contributed by atoms with Crippen molar-refractivity contribution in [1.29, 1.82) is 0 Å². The molecule has 31 heavy (non-hydrogen) atoms. The van der Waals surface area contributed by atoms with Gasteiger partial charge >= 0.3 is 0 Å². The molecule has 4 rings (SSSR count). The van der Waals surface area contributed by atoms with Gasteiger partial charge in [0.05, 0.1) is 0 Å². The number of hydrogen-bond acceptors (Lipinski definition) is 3. The lowest BCUT2D eigenvalue weighted by molar-refractivity contribution is 0.699. The van der Waals surface area contributed by atoms with Crippen molar-refractivity contribution in [3.63, 3.8) is 0 Å². The van der Waals surface area contributed by atoms with Crippen molar-refractivity contribution in [1.82, 2.24) is 5.32 Å². The lowest BCUT2D eigenvalue weighted by Gasteiger charge is -2.25. The summed E-state index contributed by atoms with van der Waals surface area (Å²) in [5.41, 5.74) is 3.63. The van der Waals surface area contributed by atoms with Crippen molar-refractivity contribution in [3.05, 3.63) is 103 Å². The van der Waals surface area contributed by atoms with Crippen LogP contribution >= 0.6 is 12.4 Å². The summed E-state index contributed by atoms with van der Waals surface area (Å²) in [6.45, 7) is 3.65. The van der Waals surface area contributed by atoms with E-state index in [0.717, 1.165) is 26.2 Å². The fraction of sp³-hybridized carbons (Fsp3) is 0.154. The van der Waals surface area contributed by atoms with Crippen molar-refractivity contribution >= 4 is 40.2 Å². The molecule has 4 aromatic rings. The second-order valence-electron chi connectivity index (χ2n) is 7.03. The van der Waals surface area contributed by atoms with Gasteiger partial charge in [-0.2, -0.15) is 0 Å². The third-order valence-electron chi connectivity index (χ3n) is 5.05. The maximum atomic E-state index is 3.57. The topological polar surface area (TPSA) is 58.8 Å². The Morgan fingerprint density at radius 1 is 0.581 bits per heavy atom. The zero-order chi connectivity index (χ0) is 19.7. The van der Waals surface area contributed by atoms with Gasteiger partial charge in [-0.3, -0.25) is 0 Å². The van der Waals surface area contributed by atoms with Crippen LogP contribution in [-0.4, -0.2) is 31.7 Å². The molecule has 0 saturated heterocycles. The molecule has 162 valence electrons. The zero-order valence-corrected chi connectivity index (χ0v) is 18.3. The van der Waals surface area contributed by atoms with Crippen molar-refractivity contribution in [2.24, 2.45) is 0 Å². The molecule has 0 bridgehead atoms. The van der Waals surface area contributed by atoms with Crippen LogP contribution in [0.2, 0.25) is 0 Å². The number of halogens is 1. The first-order valence-corrected chi connectivity index (χ1v) is 10.2. The summed E-state index contributed by atoms with van der Waals surface area (Å²) in [7, 11) is 0. The largest absolute Gasteiger partial charge is 0.412 e. The number of nitrogens with one attached hydrogen (secondary N) is 2. The Balaban J connectivity index is 0.00000171. The summed E-state index contributed by atoms with van der Waals surface area (Å²) < 4.78 is 0. The highest BCUT2D eigenvalue weighted by atomic mass is 35.5. The molecule has 4 aromatic carbocycles. The zero-order valence-electron chi connectivity index (χ0n) is 17.5. The van der Waals surface area contributed by atoms with E-state index in [4.69, 9.17) is 0 Å². The van der Waals surface area contributed by atoms with Crippen molar-refractivity contribution in [3.8, 4) is 0 Å². The van der Waals surface area contributed by atoms with E-state index >= 15 is 0 Å². The van der Waals surface area contributed by atoms with Crippen LogP contribution < -0.4 is 15.5 Å². The number of fused-ring (bicyclic) bond motifs is 1. The predicted octanol–water partition coefficient (Wildman–Crippen LogP) is 5.28. The van der Waals surface area contributed by atoms with Crippen LogP contribution in [0.1, 0.15) is 0 Å². The van der Waals surface area contributed by atoms with Gasteiger partial charge in [-0.25, -0.2) is 0 Å². The average molecular weight is 436 g/mol. The number of anilines is 3. The first kappa shape index (κ1) is 24.2. The fourth-order valence-electron chi connectivity index (χ4n) is 3.60. The minimum Gasteiger partial charge on any atom is -0.412 e. The highest BCUT2D eigenvalue weighted by Crippen LogP contribution is 2.24. The first-order chi connectivity index (χ1) is 14.4. The van der Waals surface area contributed by atoms with Crippen LogP contribution in [0.15, 0.2) is 103 Å². The molecule has 0 spiro atoms. The van der Waals surface area contributed by atoms with Gasteiger partial charge in [0.15, 0.2) is 0 Å². The van der Waals surface area contributed by atoms with E-state index in [1.807, 2.05) is 0 Å². The summed E-state index contributed by atoms with van der Waals surface area (Å²) in [6, 6.07) is 36.0. The van der Waals surface area contributed by atoms with E-state index in [-0.39, 0.29) is 17.9 Å². The molecule has 5 heteroatoms. The molecule has 0 aliphatic heterocycles. The molecule has 0 fully saturated rings. The lowest BCUT2D eigenvalue weighted by Crippen LogP contribution is -2.31. The van der Waals surface area contributed by atoms with E-state index in [9.17, 15) is 0 Å². The summed E-state index contributed by atoms with van der Waals surface area (Å²) in [4.78, 5) is 2.35. The van der Waals surface area contributed by atoms with Crippen LogP contribution in [0.5, 0.6) is 0 Å². The van der Waals surface area contributed by atoms with Gasteiger partial charge in [-0.15, -0.1) is 12.4 Å². The van der Waals surface area contributed by atoms with E-state index in [1.54, 1.807) is 0 Å². The van der Waals surface area contributed by atoms with Crippen LogP contribution in [0.3, 0.4) is 0 Å². The second kappa shape index (κ2) is 12.6. The van der Waals surface area contributed by atoms with Gasteiger partial charge in [0.25, 0.3) is 0 Å². The Bertz CT molecular complexity index is 983. The molecule has 0 radical (unpaired) electrons. The van der Waals surface area contributed by atoms with Crippen LogP contribution in [0.4, 0.5) is 17.1 Å². The summed E-state index contributed by atoms with van der Waals surface area (Å²) in [5, 5.41) is 9.68. The standard InChI is InChI=1S/C26H27N3.ClH.H2O/c1-3-12-23(13-4-1)29(24-14-5-2-6-15-24)21-20-27-18-19-28-26-17-9-11-22-10-7-8-16-25(22)26;;/h1-17,27-28H,18-21H2;1H;1H2. The third-order valence-corrected chi connectivity index (χ3v) is 5.05. The predicted molar refractivity (Wildman–Crippen MR) is 136 cm³/mol. The molecule has 0 saturated carbocycles. The Kier molecular flexibility index (Phi) is 9.85. The van der Waals surface area contributed by atoms with Crippen LogP contribution in [0.25, 0.3) is 10.8 Å². The Morgan fingerprint density at radius 3 is 1.84 bits per heavy atom. The highest BCUT2D eigenvalue weighted by molar-refractivity contribution is 5.93. The van der Waals surface area contributed by atoms with Gasteiger partial charge in [-0.1, -0.05) is 72.8 Å². The van der Waals surface area contributed by atoms with Crippen molar-refractivity contribution < 1.29 is 5.48 Å². The van der Waals surface area contributed by atoms with E-state index in [0.29, 0.717) is 0 Å². The minimum absolute atomic E-state index is 0. The molecule has 0 unspecified atom stereocenters. The molecular formula is C26H30ClN3O. The Morgan fingerprint density at radius 2 is 1.16 bits per heavy atom. The molecule has 0 atom stereocenters. The molecular weight excluding hydrogens is 406 g/mol. The molecule has 4 nitrogen and oxygen atoms in total. The monoisotopic (exact) mass is 435 g/mol.